The third-order valence-electron chi connectivity index (χ3n) is 4.12. The first-order valence-electron chi connectivity index (χ1n) is 7.09. The van der Waals surface area contributed by atoms with Gasteiger partial charge in [-0.3, -0.25) is 13.9 Å². The molecule has 2 aromatic rings. The molecule has 24 heavy (non-hydrogen) atoms. The summed E-state index contributed by atoms with van der Waals surface area (Å²) >= 11 is 3.40. The van der Waals surface area contributed by atoms with Gasteiger partial charge in [-0.25, -0.2) is 4.79 Å². The molecular formula is C16H14BrN5O2. The van der Waals surface area contributed by atoms with Gasteiger partial charge in [-0.15, -0.1) is 0 Å². The van der Waals surface area contributed by atoms with E-state index in [1.165, 1.54) is 11.6 Å². The van der Waals surface area contributed by atoms with Crippen molar-refractivity contribution in [2.75, 3.05) is 5.32 Å². The Morgan fingerprint density at radius 1 is 1.29 bits per heavy atom. The number of aromatic nitrogens is 2. The van der Waals surface area contributed by atoms with E-state index >= 15 is 0 Å². The number of nitrogens with zero attached hydrogens (tertiary/aromatic N) is 3. The number of nitrogens with two attached hydrogens (primary N) is 1. The summed E-state index contributed by atoms with van der Waals surface area (Å²) < 4.78 is 3.17. The number of nitrogens with one attached hydrogen (secondary N) is 1. The number of hydrogen-bond acceptors (Lipinski definition) is 5. The number of benzene rings is 1. The Morgan fingerprint density at radius 2 is 2.00 bits per heavy atom. The number of anilines is 1. The third-order valence-corrected chi connectivity index (χ3v) is 4.62. The van der Waals surface area contributed by atoms with Crippen LogP contribution in [0.3, 0.4) is 0 Å². The maximum Gasteiger partial charge on any atom is 0.332 e. The molecule has 0 fully saturated rings. The molecule has 0 radical (unpaired) electrons. The molecule has 1 aliphatic heterocycles. The fourth-order valence-corrected chi connectivity index (χ4v) is 3.34. The van der Waals surface area contributed by atoms with E-state index < -0.39 is 17.2 Å². The highest BCUT2D eigenvalue weighted by Gasteiger charge is 2.34. The first-order chi connectivity index (χ1) is 11.4. The molecule has 0 saturated carbocycles. The van der Waals surface area contributed by atoms with Gasteiger partial charge in [0.25, 0.3) is 5.56 Å². The number of rotatable bonds is 1. The minimum atomic E-state index is -0.644. The number of nitriles is 1. The standard InChI is InChI=1S/C16H14BrN5O2/c1-21-14-12(15(23)22(2)16(21)24)11(10(7-18)13(19)20-14)8-4-3-5-9(17)6-8/h3-6,11,20H,19H2,1-2H3. The quantitative estimate of drug-likeness (QED) is 0.761. The molecule has 0 bridgehead atoms. The average Bonchev–Trinajstić information content (AvgIpc) is 2.57. The molecule has 2 heterocycles. The maximum absolute atomic E-state index is 12.7. The van der Waals surface area contributed by atoms with Crippen LogP contribution in [0.5, 0.6) is 0 Å². The van der Waals surface area contributed by atoms with E-state index in [1.807, 2.05) is 24.3 Å². The van der Waals surface area contributed by atoms with Crippen LogP contribution in [0.2, 0.25) is 0 Å². The van der Waals surface area contributed by atoms with Crippen LogP contribution in [0.15, 0.2) is 49.7 Å². The molecule has 1 unspecified atom stereocenters. The van der Waals surface area contributed by atoms with Crippen molar-refractivity contribution >= 4 is 21.7 Å². The molecule has 0 aliphatic carbocycles. The topological polar surface area (TPSA) is 106 Å². The van der Waals surface area contributed by atoms with E-state index in [4.69, 9.17) is 5.73 Å². The van der Waals surface area contributed by atoms with Gasteiger partial charge in [-0.2, -0.15) is 5.26 Å². The molecule has 3 rings (SSSR count). The van der Waals surface area contributed by atoms with Crippen molar-refractivity contribution in [2.45, 2.75) is 5.92 Å². The highest BCUT2D eigenvalue weighted by atomic mass is 79.9. The van der Waals surface area contributed by atoms with Gasteiger partial charge in [0.1, 0.15) is 11.6 Å². The van der Waals surface area contributed by atoms with Crippen LogP contribution in [0.4, 0.5) is 5.82 Å². The van der Waals surface area contributed by atoms with E-state index in [9.17, 15) is 14.9 Å². The lowest BCUT2D eigenvalue weighted by Crippen LogP contribution is -2.43. The summed E-state index contributed by atoms with van der Waals surface area (Å²) in [5.74, 6) is -0.197. The van der Waals surface area contributed by atoms with Gasteiger partial charge in [0.05, 0.1) is 23.1 Å². The van der Waals surface area contributed by atoms with Gasteiger partial charge in [0, 0.05) is 18.6 Å². The van der Waals surface area contributed by atoms with Crippen molar-refractivity contribution in [2.24, 2.45) is 19.8 Å². The van der Waals surface area contributed by atoms with E-state index in [1.54, 1.807) is 7.05 Å². The Morgan fingerprint density at radius 3 is 2.62 bits per heavy atom. The van der Waals surface area contributed by atoms with Crippen LogP contribution in [-0.2, 0) is 14.1 Å². The Kier molecular flexibility index (Phi) is 3.81. The second kappa shape index (κ2) is 5.69. The predicted octanol–water partition coefficient (Wildman–Crippen LogP) is 1.10. The molecule has 0 amide bonds. The zero-order chi connectivity index (χ0) is 17.6. The lowest BCUT2D eigenvalue weighted by Gasteiger charge is -2.28. The fraction of sp³-hybridized carbons (Fsp3) is 0.188. The van der Waals surface area contributed by atoms with Crippen molar-refractivity contribution in [3.8, 4) is 6.07 Å². The Hall–Kier alpha value is -2.79. The number of hydrogen-bond donors (Lipinski definition) is 2. The van der Waals surface area contributed by atoms with Gasteiger partial charge < -0.3 is 11.1 Å². The zero-order valence-electron chi connectivity index (χ0n) is 13.0. The van der Waals surface area contributed by atoms with Crippen LogP contribution in [-0.4, -0.2) is 9.13 Å². The number of fused-ring (bicyclic) bond motifs is 1. The Balaban J connectivity index is 2.44. The highest BCUT2D eigenvalue weighted by molar-refractivity contribution is 9.10. The van der Waals surface area contributed by atoms with E-state index in [2.05, 4.69) is 27.3 Å². The van der Waals surface area contributed by atoms with Crippen molar-refractivity contribution in [3.63, 3.8) is 0 Å². The van der Waals surface area contributed by atoms with Crippen LogP contribution < -0.4 is 22.3 Å². The zero-order valence-corrected chi connectivity index (χ0v) is 14.6. The average molecular weight is 388 g/mol. The summed E-state index contributed by atoms with van der Waals surface area (Å²) in [7, 11) is 2.97. The Bertz CT molecular complexity index is 1040. The molecule has 1 aromatic carbocycles. The van der Waals surface area contributed by atoms with E-state index in [0.717, 1.165) is 14.6 Å². The van der Waals surface area contributed by atoms with Gasteiger partial charge in [-0.1, -0.05) is 28.1 Å². The lowest BCUT2D eigenvalue weighted by molar-refractivity contribution is 0.664. The van der Waals surface area contributed by atoms with Gasteiger partial charge in [-0.05, 0) is 17.7 Å². The Labute approximate surface area is 145 Å². The molecular weight excluding hydrogens is 374 g/mol. The van der Waals surface area contributed by atoms with Crippen LogP contribution >= 0.6 is 15.9 Å². The molecule has 8 heteroatoms. The van der Waals surface area contributed by atoms with Crippen molar-refractivity contribution in [3.05, 3.63) is 72.1 Å². The molecule has 122 valence electrons. The van der Waals surface area contributed by atoms with E-state index in [-0.39, 0.29) is 11.4 Å². The molecule has 0 saturated heterocycles. The highest BCUT2D eigenvalue weighted by Crippen LogP contribution is 2.38. The number of allylic oxidation sites excluding steroid dienone is 1. The van der Waals surface area contributed by atoms with E-state index in [0.29, 0.717) is 11.4 Å². The normalized spacial score (nSPS) is 16.3. The molecule has 1 atom stereocenters. The first kappa shape index (κ1) is 16.1. The summed E-state index contributed by atoms with van der Waals surface area (Å²) in [5.41, 5.74) is 6.38. The smallest absolute Gasteiger partial charge is 0.332 e. The molecule has 1 aromatic heterocycles. The molecule has 7 nitrogen and oxygen atoms in total. The SMILES string of the molecule is Cn1c2c(c(=O)n(C)c1=O)C(c1cccc(Br)c1)C(C#N)=C(N)N2. The van der Waals surface area contributed by atoms with Gasteiger partial charge in [0.15, 0.2) is 0 Å². The summed E-state index contributed by atoms with van der Waals surface area (Å²) in [4.78, 5) is 24.9. The van der Waals surface area contributed by atoms with Crippen LogP contribution in [0, 0.1) is 11.3 Å². The second-order valence-corrected chi connectivity index (χ2v) is 6.44. The summed E-state index contributed by atoms with van der Waals surface area (Å²) in [5, 5.41) is 12.4. The first-order valence-corrected chi connectivity index (χ1v) is 7.88. The minimum Gasteiger partial charge on any atom is -0.384 e. The lowest BCUT2D eigenvalue weighted by atomic mass is 9.84. The number of halogens is 1. The summed E-state index contributed by atoms with van der Waals surface area (Å²) in [6.07, 6.45) is 0. The van der Waals surface area contributed by atoms with Crippen molar-refractivity contribution < 1.29 is 0 Å². The molecule has 3 N–H and O–H groups in total. The summed E-state index contributed by atoms with van der Waals surface area (Å²) in [6.45, 7) is 0. The fourth-order valence-electron chi connectivity index (χ4n) is 2.92. The molecule has 1 aliphatic rings. The van der Waals surface area contributed by atoms with Gasteiger partial charge in [0.2, 0.25) is 0 Å². The minimum absolute atomic E-state index is 0.137. The van der Waals surface area contributed by atoms with Crippen molar-refractivity contribution in [1.82, 2.24) is 9.13 Å². The maximum atomic E-state index is 12.7. The second-order valence-electron chi connectivity index (χ2n) is 5.52. The van der Waals surface area contributed by atoms with Crippen LogP contribution in [0.25, 0.3) is 0 Å². The van der Waals surface area contributed by atoms with Gasteiger partial charge >= 0.3 is 5.69 Å². The van der Waals surface area contributed by atoms with Crippen molar-refractivity contribution in [1.29, 1.82) is 5.26 Å². The monoisotopic (exact) mass is 387 g/mol. The van der Waals surface area contributed by atoms with Crippen LogP contribution in [0.1, 0.15) is 17.0 Å². The third kappa shape index (κ3) is 2.25. The summed E-state index contributed by atoms with van der Waals surface area (Å²) in [6, 6.07) is 9.40. The largest absolute Gasteiger partial charge is 0.384 e. The molecule has 0 spiro atoms. The predicted molar refractivity (Wildman–Crippen MR) is 93.4 cm³/mol.